The smallest absolute Gasteiger partial charge is 0.463 e. The third-order valence-corrected chi connectivity index (χ3v) is 17.9. The molecule has 5 atom stereocenters. The van der Waals surface area contributed by atoms with E-state index in [-0.39, 0.29) is 19.3 Å². The van der Waals surface area contributed by atoms with Gasteiger partial charge in [-0.3, -0.25) is 32.5 Å². The van der Waals surface area contributed by atoms with E-state index in [0.717, 1.165) is 186 Å². The molecular formula is C89H142O16P2. The van der Waals surface area contributed by atoms with Crippen molar-refractivity contribution in [1.29, 1.82) is 0 Å². The maximum Gasteiger partial charge on any atom is 0.472 e. The first kappa shape index (κ1) is 101. The van der Waals surface area contributed by atoms with E-state index in [1.807, 2.05) is 0 Å². The van der Waals surface area contributed by atoms with Crippen molar-refractivity contribution in [2.24, 2.45) is 0 Å². The van der Waals surface area contributed by atoms with Gasteiger partial charge < -0.3 is 34.2 Å². The first-order valence-electron chi connectivity index (χ1n) is 40.4. The zero-order valence-electron chi connectivity index (χ0n) is 66.0. The lowest BCUT2D eigenvalue weighted by atomic mass is 10.1. The molecule has 0 fully saturated rings. The largest absolute Gasteiger partial charge is 0.472 e. The number of aliphatic hydroxyl groups excluding tert-OH is 2. The van der Waals surface area contributed by atoms with E-state index in [0.29, 0.717) is 19.3 Å². The highest BCUT2D eigenvalue weighted by molar-refractivity contribution is 7.47. The van der Waals surface area contributed by atoms with Gasteiger partial charge in [0, 0.05) is 19.3 Å². The van der Waals surface area contributed by atoms with E-state index in [1.54, 1.807) is 0 Å². The van der Waals surface area contributed by atoms with Gasteiger partial charge >= 0.3 is 33.6 Å². The van der Waals surface area contributed by atoms with Crippen LogP contribution in [0, 0.1) is 0 Å². The molecule has 16 nitrogen and oxygen atoms in total. The van der Waals surface area contributed by atoms with Crippen LogP contribution in [0.25, 0.3) is 0 Å². The lowest BCUT2D eigenvalue weighted by Gasteiger charge is -2.21. The summed E-state index contributed by atoms with van der Waals surface area (Å²) in [5.41, 5.74) is 0. The summed E-state index contributed by atoms with van der Waals surface area (Å²) in [4.78, 5) is 58.7. The molecule has 107 heavy (non-hydrogen) atoms. The standard InChI is InChI=1S/C89H142O16P2/c1-4-7-10-13-16-19-22-25-28-31-34-37-38-39-40-41-42-43-44-47-49-51-54-57-60-63-66-69-72-75-87(92)99-78-84(90)79-101-106(95,96)102-80-85(91)81-103-107(97,98)104-83-86(105-89(94)77-74-71-68-65-62-59-56-53-50-46-36-33-30-27-24-21-18-15-12-9-6-3)82-100-88(93)76-73-70-67-64-61-58-55-52-48-45-35-32-29-26-23-20-17-14-11-8-5-2/h7-12,16-21,25-30,34-37,39-40,42-43,45-46,52-53,55-56,61,64,84-86,90-91H,4-6,13-15,22-24,31-33,38,41,44,47-51,54,57-60,62-63,65-83H2,1-3H3,(H,95,96)(H,97,98)/b10-7-,11-8-,12-9-,19-16-,20-17-,21-18-,28-25-,29-26-,30-27-,37-34-,40-39-,43-42-,45-35-,46-36-,55-52-,56-53-,64-61-. The van der Waals surface area contributed by atoms with Crippen LogP contribution in [0.2, 0.25) is 0 Å². The third-order valence-electron chi connectivity index (χ3n) is 16.0. The second-order valence-electron chi connectivity index (χ2n) is 26.1. The number of hydrogen-bond acceptors (Lipinski definition) is 14. The Hall–Kier alpha value is -5.87. The minimum atomic E-state index is -4.96. The second-order valence-corrected chi connectivity index (χ2v) is 29.0. The van der Waals surface area contributed by atoms with Crippen LogP contribution in [0.15, 0.2) is 207 Å². The Morgan fingerprint density at radius 1 is 0.262 bits per heavy atom. The van der Waals surface area contributed by atoms with Crippen LogP contribution in [0.3, 0.4) is 0 Å². The zero-order valence-corrected chi connectivity index (χ0v) is 67.8. The summed E-state index contributed by atoms with van der Waals surface area (Å²) >= 11 is 0. The van der Waals surface area contributed by atoms with Crippen molar-refractivity contribution >= 4 is 33.6 Å². The summed E-state index contributed by atoms with van der Waals surface area (Å²) in [6.07, 6.45) is 106. The summed E-state index contributed by atoms with van der Waals surface area (Å²) in [5.74, 6) is -1.67. The van der Waals surface area contributed by atoms with E-state index in [2.05, 4.69) is 227 Å². The van der Waals surface area contributed by atoms with Crippen molar-refractivity contribution in [3.8, 4) is 0 Å². The van der Waals surface area contributed by atoms with Crippen LogP contribution in [0.5, 0.6) is 0 Å². The lowest BCUT2D eigenvalue weighted by molar-refractivity contribution is -0.161. The number of phosphoric ester groups is 2. The summed E-state index contributed by atoms with van der Waals surface area (Å²) in [5, 5.41) is 20.7. The highest BCUT2D eigenvalue weighted by atomic mass is 31.2. The molecule has 0 amide bonds. The predicted octanol–water partition coefficient (Wildman–Crippen LogP) is 24.1. The van der Waals surface area contributed by atoms with E-state index in [4.69, 9.17) is 32.3 Å². The normalized spacial score (nSPS) is 15.0. The van der Waals surface area contributed by atoms with Gasteiger partial charge in [0.2, 0.25) is 0 Å². The van der Waals surface area contributed by atoms with Gasteiger partial charge in [-0.05, 0) is 167 Å². The average molecular weight is 1530 g/mol. The van der Waals surface area contributed by atoms with Crippen molar-refractivity contribution in [2.45, 2.75) is 296 Å². The number of rotatable bonds is 74. The predicted molar refractivity (Wildman–Crippen MR) is 444 cm³/mol. The van der Waals surface area contributed by atoms with Crippen LogP contribution in [-0.2, 0) is 55.8 Å². The molecule has 0 saturated carbocycles. The van der Waals surface area contributed by atoms with E-state index < -0.39 is 91.5 Å². The number of unbranched alkanes of at least 4 members (excludes halogenated alkanes) is 17. The van der Waals surface area contributed by atoms with Gasteiger partial charge in [0.1, 0.15) is 25.4 Å². The van der Waals surface area contributed by atoms with Crippen LogP contribution >= 0.6 is 15.6 Å². The fourth-order valence-corrected chi connectivity index (χ4v) is 11.5. The molecule has 0 aliphatic carbocycles. The van der Waals surface area contributed by atoms with Gasteiger partial charge in [-0.1, -0.05) is 298 Å². The molecule has 0 radical (unpaired) electrons. The van der Waals surface area contributed by atoms with Crippen LogP contribution in [0.4, 0.5) is 0 Å². The minimum absolute atomic E-state index is 0.0634. The minimum Gasteiger partial charge on any atom is -0.463 e. The van der Waals surface area contributed by atoms with Crippen LogP contribution in [-0.4, -0.2) is 95.9 Å². The molecule has 0 saturated heterocycles. The van der Waals surface area contributed by atoms with Crippen molar-refractivity contribution in [1.82, 2.24) is 0 Å². The van der Waals surface area contributed by atoms with Crippen molar-refractivity contribution in [3.63, 3.8) is 0 Å². The maximum atomic E-state index is 13.0. The van der Waals surface area contributed by atoms with Gasteiger partial charge in [0.05, 0.1) is 26.4 Å². The van der Waals surface area contributed by atoms with Gasteiger partial charge in [-0.15, -0.1) is 0 Å². The molecule has 4 N–H and O–H groups in total. The van der Waals surface area contributed by atoms with Gasteiger partial charge in [0.15, 0.2) is 6.10 Å². The molecule has 604 valence electrons. The van der Waals surface area contributed by atoms with Crippen LogP contribution < -0.4 is 0 Å². The summed E-state index contributed by atoms with van der Waals surface area (Å²) in [6.45, 7) is 2.23. The topological polar surface area (TPSA) is 231 Å². The number of carbonyl (C=O) groups excluding carboxylic acids is 3. The molecule has 0 aliphatic heterocycles. The number of esters is 3. The summed E-state index contributed by atoms with van der Waals surface area (Å²) < 4.78 is 61.2. The fraction of sp³-hybridized carbons (Fsp3) is 0.584. The van der Waals surface area contributed by atoms with Crippen molar-refractivity contribution < 1.29 is 75.8 Å². The van der Waals surface area contributed by atoms with Crippen molar-refractivity contribution in [3.05, 3.63) is 207 Å². The Kier molecular flexibility index (Phi) is 75.3. The Morgan fingerprint density at radius 2 is 0.467 bits per heavy atom. The Morgan fingerprint density at radius 3 is 0.757 bits per heavy atom. The number of allylic oxidation sites excluding steroid dienone is 34. The van der Waals surface area contributed by atoms with E-state index in [1.165, 1.54) is 32.1 Å². The molecular weight excluding hydrogens is 1390 g/mol. The Labute approximate surface area is 648 Å². The molecule has 0 aromatic heterocycles. The molecule has 0 aliphatic rings. The van der Waals surface area contributed by atoms with Gasteiger partial charge in [-0.2, -0.15) is 0 Å². The SMILES string of the molecule is CC/C=C\C/C=C\C/C=C\C/C=C\C/C=C\C/C=C\CCCCCCCCCCCCC(=O)OCC(O)COP(=O)(O)OCC(O)COP(=O)(O)OCC(COC(=O)CCCC/C=C\C/C=C\C/C=C\C/C=C\C/C=C\C/C=C\CC)OC(=O)CCCCCCC/C=C\C/C=C\C/C=C\C/C=C\C/C=C\CC. The Balaban J connectivity index is 4.70. The zero-order chi connectivity index (χ0) is 78.0. The summed E-state index contributed by atoms with van der Waals surface area (Å²) in [7, 11) is -9.84. The number of ether oxygens (including phenoxy) is 3. The maximum absolute atomic E-state index is 13.0. The molecule has 0 heterocycles. The lowest BCUT2D eigenvalue weighted by Crippen LogP contribution is -2.30. The highest BCUT2D eigenvalue weighted by Crippen LogP contribution is 2.45. The van der Waals surface area contributed by atoms with E-state index >= 15 is 0 Å². The number of carbonyl (C=O) groups is 3. The molecule has 18 heteroatoms. The molecule has 0 spiro atoms. The van der Waals surface area contributed by atoms with Crippen molar-refractivity contribution in [2.75, 3.05) is 39.6 Å². The van der Waals surface area contributed by atoms with Gasteiger partial charge in [-0.25, -0.2) is 9.13 Å². The first-order valence-corrected chi connectivity index (χ1v) is 43.4. The number of phosphoric acid groups is 2. The highest BCUT2D eigenvalue weighted by Gasteiger charge is 2.29. The number of hydrogen-bond donors (Lipinski definition) is 4. The molecule has 0 rings (SSSR count). The summed E-state index contributed by atoms with van der Waals surface area (Å²) in [6, 6.07) is 0. The van der Waals surface area contributed by atoms with Crippen LogP contribution in [0.1, 0.15) is 278 Å². The quantitative estimate of drug-likeness (QED) is 0.0146. The first-order chi connectivity index (χ1) is 52.2. The second kappa shape index (κ2) is 79.7. The molecule has 0 aromatic rings. The van der Waals surface area contributed by atoms with E-state index in [9.17, 15) is 43.5 Å². The number of aliphatic hydroxyl groups is 2. The monoisotopic (exact) mass is 1530 g/mol. The fourth-order valence-electron chi connectivity index (χ4n) is 9.96. The molecule has 0 aromatic carbocycles. The molecule has 0 bridgehead atoms. The van der Waals surface area contributed by atoms with Gasteiger partial charge in [0.25, 0.3) is 0 Å². The Bertz CT molecular complexity index is 2770. The third kappa shape index (κ3) is 81.0. The average Bonchev–Trinajstić information content (AvgIpc) is 0.907. The molecule has 5 unspecified atom stereocenters.